The lowest BCUT2D eigenvalue weighted by atomic mass is 10.2. The lowest BCUT2D eigenvalue weighted by Gasteiger charge is -1.96. The fourth-order valence-corrected chi connectivity index (χ4v) is 0.878. The zero-order valence-corrected chi connectivity index (χ0v) is 5.95. The summed E-state index contributed by atoms with van der Waals surface area (Å²) in [6, 6.07) is 5.38. The highest BCUT2D eigenvalue weighted by molar-refractivity contribution is 6.31. The van der Waals surface area contributed by atoms with Gasteiger partial charge in [-0.2, -0.15) is 0 Å². The number of rotatable bonds is 1. The highest BCUT2D eigenvalue weighted by Crippen LogP contribution is 2.18. The van der Waals surface area contributed by atoms with Crippen LogP contribution >= 0.6 is 11.6 Å². The van der Waals surface area contributed by atoms with Crippen LogP contribution in [-0.2, 0) is 0 Å². The third kappa shape index (κ3) is 1.19. The average Bonchev–Trinajstić information content (AvgIpc) is 1.88. The van der Waals surface area contributed by atoms with Crippen molar-refractivity contribution in [3.05, 3.63) is 41.2 Å². The fraction of sp³-hybridized carbons (Fsp3) is 0. The van der Waals surface area contributed by atoms with Crippen LogP contribution in [0.25, 0.3) is 6.08 Å². The summed E-state index contributed by atoms with van der Waals surface area (Å²) in [5.41, 5.74) is 0.309. The molecule has 1 aromatic rings. The molecule has 0 bridgehead atoms. The molecule has 1 aromatic carbocycles. The second-order valence-corrected chi connectivity index (χ2v) is 2.14. The molecule has 1 radical (unpaired) electrons. The molecule has 1 rings (SSSR count). The number of hydrogen-bond donors (Lipinski definition) is 0. The van der Waals surface area contributed by atoms with E-state index in [0.717, 1.165) is 0 Å². The van der Waals surface area contributed by atoms with Gasteiger partial charge in [-0.05, 0) is 12.1 Å². The zero-order valence-electron chi connectivity index (χ0n) is 5.20. The first-order chi connectivity index (χ1) is 4.75. The molecule has 0 atom stereocenters. The van der Waals surface area contributed by atoms with Gasteiger partial charge in [0.15, 0.2) is 0 Å². The summed E-state index contributed by atoms with van der Waals surface area (Å²) in [6.07, 6.45) is 1.37. The minimum absolute atomic E-state index is 0.273. The Bertz CT molecular complexity index is 235. The Morgan fingerprint density at radius 1 is 1.70 bits per heavy atom. The van der Waals surface area contributed by atoms with Gasteiger partial charge in [0.2, 0.25) is 0 Å². The molecule has 10 heavy (non-hydrogen) atoms. The smallest absolute Gasteiger partial charge is 0.131 e. The maximum absolute atomic E-state index is 12.7. The number of benzene rings is 1. The lowest BCUT2D eigenvalue weighted by molar-refractivity contribution is 0.625. The number of halogens is 2. The monoisotopic (exact) mass is 155 g/mol. The van der Waals surface area contributed by atoms with Crippen LogP contribution in [0, 0.1) is 11.9 Å². The molecule has 0 nitrogen and oxygen atoms in total. The lowest BCUT2D eigenvalue weighted by Crippen LogP contribution is -1.81. The van der Waals surface area contributed by atoms with Gasteiger partial charge in [0.05, 0.1) is 5.02 Å². The van der Waals surface area contributed by atoms with Gasteiger partial charge < -0.3 is 0 Å². The summed E-state index contributed by atoms with van der Waals surface area (Å²) < 4.78 is 12.7. The van der Waals surface area contributed by atoms with Gasteiger partial charge in [-0.25, -0.2) is 4.39 Å². The van der Waals surface area contributed by atoms with Crippen molar-refractivity contribution < 1.29 is 4.39 Å². The highest BCUT2D eigenvalue weighted by atomic mass is 35.5. The summed E-state index contributed by atoms with van der Waals surface area (Å²) >= 11 is 5.56. The van der Waals surface area contributed by atoms with Crippen LogP contribution in [0.1, 0.15) is 5.56 Å². The number of hydrogen-bond acceptors (Lipinski definition) is 0. The van der Waals surface area contributed by atoms with Gasteiger partial charge in [-0.3, -0.25) is 0 Å². The van der Waals surface area contributed by atoms with E-state index in [9.17, 15) is 4.39 Å². The first-order valence-corrected chi connectivity index (χ1v) is 3.11. The van der Waals surface area contributed by atoms with Crippen molar-refractivity contribution in [1.29, 1.82) is 0 Å². The summed E-state index contributed by atoms with van der Waals surface area (Å²) in [5.74, 6) is -0.362. The highest BCUT2D eigenvalue weighted by Gasteiger charge is 2.00. The molecule has 0 N–H and O–H groups in total. The van der Waals surface area contributed by atoms with Crippen LogP contribution in [0.4, 0.5) is 4.39 Å². The molecular weight excluding hydrogens is 151 g/mol. The van der Waals surface area contributed by atoms with E-state index in [0.29, 0.717) is 5.56 Å². The molecule has 2 heteroatoms. The van der Waals surface area contributed by atoms with Crippen LogP contribution in [0.3, 0.4) is 0 Å². The Labute approximate surface area is 63.9 Å². The van der Waals surface area contributed by atoms with Gasteiger partial charge in [-0.15, -0.1) is 0 Å². The minimum atomic E-state index is -0.362. The van der Waals surface area contributed by atoms with Crippen molar-refractivity contribution in [2.75, 3.05) is 0 Å². The van der Waals surface area contributed by atoms with E-state index < -0.39 is 0 Å². The Hall–Kier alpha value is -0.820. The largest absolute Gasteiger partial charge is 0.206 e. The van der Waals surface area contributed by atoms with Gasteiger partial charge in [0, 0.05) is 11.6 Å². The predicted octanol–water partition coefficient (Wildman–Crippen LogP) is 2.92. The van der Waals surface area contributed by atoms with Crippen molar-refractivity contribution in [1.82, 2.24) is 0 Å². The molecule has 0 aliphatic carbocycles. The van der Waals surface area contributed by atoms with Crippen LogP contribution in [0.5, 0.6) is 0 Å². The van der Waals surface area contributed by atoms with Crippen molar-refractivity contribution in [3.63, 3.8) is 0 Å². The van der Waals surface area contributed by atoms with Gasteiger partial charge in [-0.1, -0.05) is 24.3 Å². The van der Waals surface area contributed by atoms with E-state index in [4.69, 9.17) is 11.6 Å². The van der Waals surface area contributed by atoms with E-state index in [1.165, 1.54) is 18.2 Å². The second kappa shape index (κ2) is 2.84. The molecule has 0 saturated heterocycles. The minimum Gasteiger partial charge on any atom is -0.206 e. The Morgan fingerprint density at radius 2 is 2.40 bits per heavy atom. The normalized spacial score (nSPS) is 9.40. The molecule has 0 unspecified atom stereocenters. The molecule has 0 heterocycles. The Morgan fingerprint density at radius 3 is 2.80 bits per heavy atom. The molecule has 0 amide bonds. The zero-order chi connectivity index (χ0) is 7.56. The van der Waals surface area contributed by atoms with Crippen LogP contribution in [0.15, 0.2) is 18.7 Å². The third-order valence-electron chi connectivity index (χ3n) is 1.14. The van der Waals surface area contributed by atoms with E-state index in [2.05, 4.69) is 12.6 Å². The second-order valence-electron chi connectivity index (χ2n) is 1.76. The maximum Gasteiger partial charge on any atom is 0.131 e. The fourth-order valence-electron chi connectivity index (χ4n) is 0.647. The molecule has 0 saturated carbocycles. The van der Waals surface area contributed by atoms with Crippen molar-refractivity contribution in [2.45, 2.75) is 0 Å². The Kier molecular flexibility index (Phi) is 2.07. The molecule has 0 aromatic heterocycles. The van der Waals surface area contributed by atoms with Crippen molar-refractivity contribution in [3.8, 4) is 0 Å². The summed E-state index contributed by atoms with van der Waals surface area (Å²) in [4.78, 5) is 0. The Balaban J connectivity index is 3.30. The average molecular weight is 156 g/mol. The molecule has 0 fully saturated rings. The topological polar surface area (TPSA) is 0 Å². The standard InChI is InChI=1S/C8H5ClF/c1-2-6-7(9)4-3-5-8(6)10/h2-3,5H,1H2. The van der Waals surface area contributed by atoms with Gasteiger partial charge in [0.1, 0.15) is 5.82 Å². The summed E-state index contributed by atoms with van der Waals surface area (Å²) in [6.45, 7) is 3.41. The van der Waals surface area contributed by atoms with Crippen LogP contribution < -0.4 is 0 Å². The van der Waals surface area contributed by atoms with E-state index >= 15 is 0 Å². The van der Waals surface area contributed by atoms with Crippen LogP contribution in [0.2, 0.25) is 5.02 Å². The van der Waals surface area contributed by atoms with Gasteiger partial charge in [0.25, 0.3) is 0 Å². The summed E-state index contributed by atoms with van der Waals surface area (Å²) in [7, 11) is 0. The molecule has 51 valence electrons. The third-order valence-corrected chi connectivity index (χ3v) is 1.45. The molecule has 0 aliphatic heterocycles. The maximum atomic E-state index is 12.7. The first kappa shape index (κ1) is 7.29. The van der Waals surface area contributed by atoms with Crippen molar-refractivity contribution in [2.24, 2.45) is 0 Å². The molecule has 0 aliphatic rings. The van der Waals surface area contributed by atoms with Crippen molar-refractivity contribution >= 4 is 17.7 Å². The SMILES string of the molecule is C=Cc1c(Cl)[c]ccc1F. The van der Waals surface area contributed by atoms with E-state index in [-0.39, 0.29) is 10.8 Å². The quantitative estimate of drug-likeness (QED) is 0.585. The summed E-state index contributed by atoms with van der Waals surface area (Å²) in [5, 5.41) is 0.273. The van der Waals surface area contributed by atoms with E-state index in [1.807, 2.05) is 0 Å². The van der Waals surface area contributed by atoms with Crippen LogP contribution in [-0.4, -0.2) is 0 Å². The van der Waals surface area contributed by atoms with Gasteiger partial charge >= 0.3 is 0 Å². The predicted molar refractivity (Wildman–Crippen MR) is 40.3 cm³/mol. The molecule has 0 spiro atoms. The first-order valence-electron chi connectivity index (χ1n) is 2.74. The van der Waals surface area contributed by atoms with E-state index in [1.54, 1.807) is 0 Å². The molecular formula is C8H5ClF.